The zero-order chi connectivity index (χ0) is 21.0. The van der Waals surface area contributed by atoms with E-state index in [1.807, 2.05) is 0 Å². The quantitative estimate of drug-likeness (QED) is 0.422. The molecule has 0 spiro atoms. The van der Waals surface area contributed by atoms with Gasteiger partial charge in [-0.2, -0.15) is 4.31 Å². The first kappa shape index (κ1) is 21.0. The van der Waals surface area contributed by atoms with Crippen molar-refractivity contribution < 1.29 is 18.1 Å². The molecule has 29 heavy (non-hydrogen) atoms. The van der Waals surface area contributed by atoms with Crippen LogP contribution in [-0.2, 0) is 14.8 Å². The van der Waals surface area contributed by atoms with Crippen LogP contribution >= 0.6 is 11.6 Å². The zero-order valence-corrected chi connectivity index (χ0v) is 16.8. The van der Waals surface area contributed by atoms with Crippen LogP contribution in [-0.4, -0.2) is 36.6 Å². The molecule has 1 aliphatic rings. The van der Waals surface area contributed by atoms with Crippen LogP contribution in [0.4, 0.5) is 11.4 Å². The highest BCUT2D eigenvalue weighted by Gasteiger charge is 2.29. The highest BCUT2D eigenvalue weighted by molar-refractivity contribution is 7.89. The Kier molecular flexibility index (Phi) is 6.31. The Labute approximate surface area is 173 Å². The van der Waals surface area contributed by atoms with Gasteiger partial charge in [0, 0.05) is 37.0 Å². The minimum absolute atomic E-state index is 0.0421. The molecule has 1 saturated heterocycles. The Hall–Kier alpha value is -2.75. The minimum atomic E-state index is -3.72. The van der Waals surface area contributed by atoms with Crippen molar-refractivity contribution in [2.75, 3.05) is 18.4 Å². The molecule has 2 aromatic rings. The average Bonchev–Trinajstić information content (AvgIpc) is 3.24. The molecule has 152 valence electrons. The SMILES string of the molecule is O=C(/C=C/c1ccc([N+](=O)[O-])cc1)Nc1ccc(Cl)c(S(=O)(=O)N2CCCC2)c1. The molecular formula is C19H18ClN3O5S. The lowest BCUT2D eigenvalue weighted by Crippen LogP contribution is -2.28. The van der Waals surface area contributed by atoms with Crippen molar-refractivity contribution in [1.29, 1.82) is 0 Å². The van der Waals surface area contributed by atoms with Crippen molar-refractivity contribution in [3.8, 4) is 0 Å². The topological polar surface area (TPSA) is 110 Å². The minimum Gasteiger partial charge on any atom is -0.322 e. The van der Waals surface area contributed by atoms with Gasteiger partial charge in [0.05, 0.1) is 9.95 Å². The Morgan fingerprint density at radius 3 is 2.41 bits per heavy atom. The first-order valence-corrected chi connectivity index (χ1v) is 10.6. The molecule has 1 heterocycles. The normalized spacial score (nSPS) is 14.9. The lowest BCUT2D eigenvalue weighted by molar-refractivity contribution is -0.384. The van der Waals surface area contributed by atoms with Crippen LogP contribution in [0.2, 0.25) is 5.02 Å². The summed E-state index contributed by atoms with van der Waals surface area (Å²) in [6.07, 6.45) is 4.36. The van der Waals surface area contributed by atoms with Gasteiger partial charge in [0.15, 0.2) is 0 Å². The molecule has 3 rings (SSSR count). The van der Waals surface area contributed by atoms with Crippen molar-refractivity contribution in [3.63, 3.8) is 0 Å². The van der Waals surface area contributed by atoms with Gasteiger partial charge >= 0.3 is 0 Å². The first-order chi connectivity index (χ1) is 13.8. The van der Waals surface area contributed by atoms with E-state index in [0.29, 0.717) is 24.3 Å². The lowest BCUT2D eigenvalue weighted by Gasteiger charge is -2.17. The second-order valence-corrected chi connectivity index (χ2v) is 8.74. The molecule has 1 aliphatic heterocycles. The summed E-state index contributed by atoms with van der Waals surface area (Å²) in [5.74, 6) is -0.477. The summed E-state index contributed by atoms with van der Waals surface area (Å²) in [7, 11) is -3.72. The average molecular weight is 436 g/mol. The number of hydrogen-bond acceptors (Lipinski definition) is 5. The Balaban J connectivity index is 1.73. The van der Waals surface area contributed by atoms with Crippen molar-refractivity contribution in [2.45, 2.75) is 17.7 Å². The number of carbonyl (C=O) groups excluding carboxylic acids is 1. The van der Waals surface area contributed by atoms with Gasteiger partial charge in [0.2, 0.25) is 15.9 Å². The number of carbonyl (C=O) groups is 1. The molecule has 2 aromatic carbocycles. The van der Waals surface area contributed by atoms with Crippen LogP contribution in [0.1, 0.15) is 18.4 Å². The summed E-state index contributed by atoms with van der Waals surface area (Å²) in [4.78, 5) is 22.3. The Morgan fingerprint density at radius 1 is 1.14 bits per heavy atom. The number of nitro benzene ring substituents is 1. The zero-order valence-electron chi connectivity index (χ0n) is 15.2. The maximum absolute atomic E-state index is 12.7. The van der Waals surface area contributed by atoms with E-state index in [1.165, 1.54) is 58.9 Å². The van der Waals surface area contributed by atoms with Crippen LogP contribution in [0, 0.1) is 10.1 Å². The fourth-order valence-electron chi connectivity index (χ4n) is 2.91. The standard InChI is InChI=1S/C19H18ClN3O5S/c20-17-9-6-15(13-18(17)29(27,28)22-11-1-2-12-22)21-19(24)10-5-14-3-7-16(8-4-14)23(25)26/h3-10,13H,1-2,11-12H2,(H,21,24)/b10-5+. The molecule has 1 fully saturated rings. The smallest absolute Gasteiger partial charge is 0.269 e. The number of nitro groups is 1. The van der Waals surface area contributed by atoms with Gasteiger partial charge in [-0.3, -0.25) is 14.9 Å². The molecule has 0 atom stereocenters. The van der Waals surface area contributed by atoms with Crippen LogP contribution in [0.3, 0.4) is 0 Å². The second kappa shape index (κ2) is 8.73. The molecule has 1 N–H and O–H groups in total. The van der Waals surface area contributed by atoms with Crippen LogP contribution in [0.5, 0.6) is 0 Å². The maximum atomic E-state index is 12.7. The summed E-state index contributed by atoms with van der Waals surface area (Å²) in [6.45, 7) is 0.903. The van der Waals surface area contributed by atoms with Crippen molar-refractivity contribution >= 4 is 45.0 Å². The van der Waals surface area contributed by atoms with E-state index in [-0.39, 0.29) is 15.6 Å². The number of sulfonamides is 1. The second-order valence-electron chi connectivity index (χ2n) is 6.43. The predicted molar refractivity (Wildman–Crippen MR) is 110 cm³/mol. The van der Waals surface area contributed by atoms with Crippen molar-refractivity contribution in [3.05, 3.63) is 69.2 Å². The molecule has 8 nitrogen and oxygen atoms in total. The molecular weight excluding hydrogens is 418 g/mol. The van der Waals surface area contributed by atoms with E-state index in [1.54, 1.807) is 0 Å². The number of hydrogen-bond donors (Lipinski definition) is 1. The molecule has 1 amide bonds. The Bertz CT molecular complexity index is 1060. The van der Waals surface area contributed by atoms with E-state index < -0.39 is 20.9 Å². The molecule has 0 saturated carbocycles. The molecule has 0 bridgehead atoms. The third-order valence-corrected chi connectivity index (χ3v) is 6.79. The van der Waals surface area contributed by atoms with Crippen LogP contribution in [0.15, 0.2) is 53.4 Å². The third-order valence-electron chi connectivity index (χ3n) is 4.41. The largest absolute Gasteiger partial charge is 0.322 e. The van der Waals surface area contributed by atoms with Gasteiger partial charge in [0.25, 0.3) is 5.69 Å². The van der Waals surface area contributed by atoms with E-state index in [0.717, 1.165) is 12.8 Å². The number of anilines is 1. The summed E-state index contributed by atoms with van der Waals surface area (Å²) in [5, 5.41) is 13.3. The van der Waals surface area contributed by atoms with Crippen molar-refractivity contribution in [1.82, 2.24) is 4.31 Å². The van der Waals surface area contributed by atoms with Crippen molar-refractivity contribution in [2.24, 2.45) is 0 Å². The number of amides is 1. The number of nitrogens with zero attached hydrogens (tertiary/aromatic N) is 2. The predicted octanol–water partition coefficient (Wildman–Crippen LogP) is 3.68. The highest BCUT2D eigenvalue weighted by atomic mass is 35.5. The van der Waals surface area contributed by atoms with Gasteiger partial charge in [-0.15, -0.1) is 0 Å². The van der Waals surface area contributed by atoms with E-state index in [4.69, 9.17) is 11.6 Å². The number of non-ortho nitro benzene ring substituents is 1. The van der Waals surface area contributed by atoms with Gasteiger partial charge in [-0.25, -0.2) is 8.42 Å². The number of benzene rings is 2. The Morgan fingerprint density at radius 2 is 1.79 bits per heavy atom. The molecule has 0 unspecified atom stereocenters. The van der Waals surface area contributed by atoms with E-state index in [2.05, 4.69) is 5.32 Å². The molecule has 0 aliphatic carbocycles. The lowest BCUT2D eigenvalue weighted by atomic mass is 10.2. The van der Waals surface area contributed by atoms with E-state index >= 15 is 0 Å². The summed E-state index contributed by atoms with van der Waals surface area (Å²) >= 11 is 6.09. The molecule has 0 aromatic heterocycles. The van der Waals surface area contributed by atoms with Gasteiger partial charge in [-0.1, -0.05) is 11.6 Å². The highest BCUT2D eigenvalue weighted by Crippen LogP contribution is 2.29. The maximum Gasteiger partial charge on any atom is 0.269 e. The van der Waals surface area contributed by atoms with Gasteiger partial charge < -0.3 is 5.32 Å². The number of nitrogens with one attached hydrogen (secondary N) is 1. The third kappa shape index (κ3) is 5.00. The molecule has 0 radical (unpaired) electrons. The van der Waals surface area contributed by atoms with Crippen LogP contribution < -0.4 is 5.32 Å². The first-order valence-electron chi connectivity index (χ1n) is 8.80. The van der Waals surface area contributed by atoms with Crippen LogP contribution in [0.25, 0.3) is 6.08 Å². The van der Waals surface area contributed by atoms with Gasteiger partial charge in [0.1, 0.15) is 4.90 Å². The summed E-state index contributed by atoms with van der Waals surface area (Å²) < 4.78 is 26.9. The number of rotatable bonds is 6. The number of halogens is 1. The summed E-state index contributed by atoms with van der Waals surface area (Å²) in [6, 6.07) is 10.0. The molecule has 10 heteroatoms. The fourth-order valence-corrected chi connectivity index (χ4v) is 4.93. The fraction of sp³-hybridized carbons (Fsp3) is 0.211. The van der Waals surface area contributed by atoms with E-state index in [9.17, 15) is 23.3 Å². The van der Waals surface area contributed by atoms with Gasteiger partial charge in [-0.05, 0) is 54.8 Å². The summed E-state index contributed by atoms with van der Waals surface area (Å²) in [5.41, 5.74) is 0.865. The monoisotopic (exact) mass is 435 g/mol.